The van der Waals surface area contributed by atoms with E-state index in [4.69, 9.17) is 23.7 Å². The van der Waals surface area contributed by atoms with Gasteiger partial charge in [0, 0.05) is 25.6 Å². The molecule has 0 aliphatic carbocycles. The van der Waals surface area contributed by atoms with Gasteiger partial charge in [-0.15, -0.1) is 0 Å². The summed E-state index contributed by atoms with van der Waals surface area (Å²) >= 11 is 0. The molecule has 0 radical (unpaired) electrons. The Bertz CT molecular complexity index is 1080. The monoisotopic (exact) mass is 597 g/mol. The average Bonchev–Trinajstić information content (AvgIpc) is 3.63. The highest BCUT2D eigenvalue weighted by atomic mass is 16.7. The van der Waals surface area contributed by atoms with Crippen LogP contribution in [-0.2, 0) is 35.1 Å². The Morgan fingerprint density at radius 1 is 0.907 bits per heavy atom. The fourth-order valence-corrected chi connectivity index (χ4v) is 5.79. The predicted octanol–water partition coefficient (Wildman–Crippen LogP) is 4.90. The number of hydrogen-bond donors (Lipinski definition) is 1. The van der Waals surface area contributed by atoms with E-state index in [1.807, 2.05) is 36.4 Å². The first-order valence-electron chi connectivity index (χ1n) is 15.7. The fraction of sp³-hybridized carbons (Fsp3) is 0.588. The molecule has 2 aliphatic rings. The number of likely N-dealkylation sites (tertiary alicyclic amines) is 1. The summed E-state index contributed by atoms with van der Waals surface area (Å²) < 4.78 is 30.0. The van der Waals surface area contributed by atoms with Gasteiger partial charge < -0.3 is 28.8 Å². The quantitative estimate of drug-likeness (QED) is 0.190. The molecule has 9 heteroatoms. The summed E-state index contributed by atoms with van der Waals surface area (Å²) in [5.41, 5.74) is 1.47. The van der Waals surface area contributed by atoms with E-state index in [0.717, 1.165) is 63.5 Å². The van der Waals surface area contributed by atoms with Gasteiger partial charge in [-0.2, -0.15) is 0 Å². The highest BCUT2D eigenvalue weighted by Gasteiger charge is 2.50. The molecule has 0 spiro atoms. The number of nitrogens with zero attached hydrogens (tertiary/aromatic N) is 1. The molecule has 0 unspecified atom stereocenters. The third-order valence-corrected chi connectivity index (χ3v) is 8.21. The molecule has 2 aromatic rings. The first-order chi connectivity index (χ1) is 21.1. The summed E-state index contributed by atoms with van der Waals surface area (Å²) in [6, 6.07) is 18.9. The Kier molecular flexibility index (Phi) is 13.9. The first-order valence-corrected chi connectivity index (χ1v) is 15.7. The van der Waals surface area contributed by atoms with Crippen LogP contribution in [0.25, 0.3) is 0 Å². The highest BCUT2D eigenvalue weighted by molar-refractivity contribution is 5.89. The van der Waals surface area contributed by atoms with Crippen molar-refractivity contribution in [1.82, 2.24) is 4.90 Å². The summed E-state index contributed by atoms with van der Waals surface area (Å²) in [5, 5.41) is 9.92. The van der Waals surface area contributed by atoms with Gasteiger partial charge in [0.25, 0.3) is 0 Å². The van der Waals surface area contributed by atoms with Crippen LogP contribution < -0.4 is 0 Å². The number of esters is 2. The number of ether oxygens (including phenoxy) is 5. The Hall–Kier alpha value is -2.82. The van der Waals surface area contributed by atoms with E-state index >= 15 is 0 Å². The van der Waals surface area contributed by atoms with E-state index in [1.54, 1.807) is 24.3 Å². The molecule has 2 fully saturated rings. The minimum atomic E-state index is -0.770. The number of benzene rings is 2. The number of aliphatic hydroxyl groups is 1. The zero-order valence-electron chi connectivity index (χ0n) is 25.3. The van der Waals surface area contributed by atoms with Crippen LogP contribution in [0, 0.1) is 0 Å². The molecule has 4 rings (SSSR count). The molecule has 0 amide bonds. The molecular weight excluding hydrogens is 550 g/mol. The van der Waals surface area contributed by atoms with E-state index in [0.29, 0.717) is 31.7 Å². The standard InChI is InChI=1S/C34H47NO8/c1-39-30(37)20-12-4-2-3-5-13-22-40-34-32(43-33(38)27-17-10-7-11-18-27)31(41-25-26-15-8-6-9-16-26)29(42-34)23-35-21-14-19-28(35)24-36/h6-11,15-18,28-29,31-32,34,36H,2-5,12-14,19-25H2,1H3/t28-,29+,31+,32-,34-/m0/s1. The van der Waals surface area contributed by atoms with Crippen molar-refractivity contribution in [1.29, 1.82) is 0 Å². The number of unbranched alkanes of at least 4 members (excludes halogenated alkanes) is 5. The fourth-order valence-electron chi connectivity index (χ4n) is 5.79. The Labute approximate surface area is 255 Å². The molecule has 43 heavy (non-hydrogen) atoms. The lowest BCUT2D eigenvalue weighted by molar-refractivity contribution is -0.169. The lowest BCUT2D eigenvalue weighted by Gasteiger charge is -2.29. The number of rotatable bonds is 18. The molecule has 2 saturated heterocycles. The second-order valence-corrected chi connectivity index (χ2v) is 11.3. The maximum atomic E-state index is 13.2. The van der Waals surface area contributed by atoms with Crippen molar-refractivity contribution >= 4 is 11.9 Å². The van der Waals surface area contributed by atoms with Gasteiger partial charge in [-0.3, -0.25) is 9.69 Å². The van der Waals surface area contributed by atoms with Gasteiger partial charge in [-0.05, 0) is 49.9 Å². The van der Waals surface area contributed by atoms with E-state index in [1.165, 1.54) is 7.11 Å². The minimum Gasteiger partial charge on any atom is -0.469 e. The highest BCUT2D eigenvalue weighted by Crippen LogP contribution is 2.32. The molecule has 0 saturated carbocycles. The zero-order chi connectivity index (χ0) is 30.3. The second kappa shape index (κ2) is 18.1. The Balaban J connectivity index is 1.39. The molecule has 0 aromatic heterocycles. The van der Waals surface area contributed by atoms with Crippen LogP contribution in [0.5, 0.6) is 0 Å². The van der Waals surface area contributed by atoms with Gasteiger partial charge in [-0.1, -0.05) is 74.2 Å². The minimum absolute atomic E-state index is 0.0799. The van der Waals surface area contributed by atoms with Crippen molar-refractivity contribution in [3.63, 3.8) is 0 Å². The van der Waals surface area contributed by atoms with E-state index in [2.05, 4.69) is 4.90 Å². The normalized spacial score (nSPS) is 23.8. The van der Waals surface area contributed by atoms with Crippen LogP contribution in [-0.4, -0.2) is 86.0 Å². The molecule has 236 valence electrons. The van der Waals surface area contributed by atoms with E-state index in [-0.39, 0.29) is 18.6 Å². The summed E-state index contributed by atoms with van der Waals surface area (Å²) in [6.07, 6.45) is 5.71. The Morgan fingerprint density at radius 2 is 1.60 bits per heavy atom. The number of carbonyl (C=O) groups excluding carboxylic acids is 2. The largest absolute Gasteiger partial charge is 0.469 e. The predicted molar refractivity (Wildman–Crippen MR) is 161 cm³/mol. The van der Waals surface area contributed by atoms with Crippen LogP contribution >= 0.6 is 0 Å². The number of carbonyl (C=O) groups is 2. The van der Waals surface area contributed by atoms with Crippen molar-refractivity contribution in [3.05, 3.63) is 71.8 Å². The van der Waals surface area contributed by atoms with Gasteiger partial charge in [-0.25, -0.2) is 4.79 Å². The second-order valence-electron chi connectivity index (χ2n) is 11.3. The molecule has 2 aromatic carbocycles. The van der Waals surface area contributed by atoms with Crippen LogP contribution in [0.1, 0.15) is 73.7 Å². The SMILES string of the molecule is COC(=O)CCCCCCCCO[C@H]1O[C@H](CN2CCC[C@H]2CO)[C@@H](OCc2ccccc2)[C@@H]1OC(=O)c1ccccc1. The summed E-state index contributed by atoms with van der Waals surface area (Å²) in [6.45, 7) is 2.33. The molecule has 2 aliphatic heterocycles. The zero-order valence-corrected chi connectivity index (χ0v) is 25.3. The third-order valence-electron chi connectivity index (χ3n) is 8.21. The van der Waals surface area contributed by atoms with Crippen molar-refractivity contribution in [3.8, 4) is 0 Å². The lowest BCUT2D eigenvalue weighted by Crippen LogP contribution is -2.45. The van der Waals surface area contributed by atoms with Gasteiger partial charge >= 0.3 is 11.9 Å². The van der Waals surface area contributed by atoms with Crippen molar-refractivity contribution in [2.45, 2.75) is 95.0 Å². The van der Waals surface area contributed by atoms with Crippen LogP contribution in [0.15, 0.2) is 60.7 Å². The smallest absolute Gasteiger partial charge is 0.338 e. The number of hydrogen-bond acceptors (Lipinski definition) is 9. The summed E-state index contributed by atoms with van der Waals surface area (Å²) in [5.74, 6) is -0.605. The molecule has 2 heterocycles. The maximum Gasteiger partial charge on any atom is 0.338 e. The van der Waals surface area contributed by atoms with Crippen LogP contribution in [0.3, 0.4) is 0 Å². The van der Waals surface area contributed by atoms with Gasteiger partial charge in [0.05, 0.1) is 25.9 Å². The van der Waals surface area contributed by atoms with Crippen molar-refractivity contribution in [2.24, 2.45) is 0 Å². The Morgan fingerprint density at radius 3 is 2.33 bits per heavy atom. The third kappa shape index (κ3) is 10.4. The molecular formula is C34H47NO8. The maximum absolute atomic E-state index is 13.2. The van der Waals surface area contributed by atoms with Crippen molar-refractivity contribution < 1.29 is 38.4 Å². The molecule has 1 N–H and O–H groups in total. The molecule has 0 bridgehead atoms. The molecule has 9 nitrogen and oxygen atoms in total. The number of aliphatic hydroxyl groups excluding tert-OH is 1. The van der Waals surface area contributed by atoms with Crippen LogP contribution in [0.4, 0.5) is 0 Å². The van der Waals surface area contributed by atoms with E-state index < -0.39 is 30.6 Å². The van der Waals surface area contributed by atoms with E-state index in [9.17, 15) is 14.7 Å². The van der Waals surface area contributed by atoms with Gasteiger partial charge in [0.15, 0.2) is 12.4 Å². The van der Waals surface area contributed by atoms with Gasteiger partial charge in [0.1, 0.15) is 12.2 Å². The molecule has 5 atom stereocenters. The summed E-state index contributed by atoms with van der Waals surface area (Å²) in [4.78, 5) is 26.7. The topological polar surface area (TPSA) is 104 Å². The van der Waals surface area contributed by atoms with Crippen molar-refractivity contribution in [2.75, 3.05) is 33.4 Å². The summed E-state index contributed by atoms with van der Waals surface area (Å²) in [7, 11) is 1.42. The first kappa shape index (κ1) is 33.1. The van der Waals surface area contributed by atoms with Gasteiger partial charge in [0.2, 0.25) is 0 Å². The lowest BCUT2D eigenvalue weighted by atomic mass is 10.1. The average molecular weight is 598 g/mol. The number of methoxy groups -OCH3 is 1. The van der Waals surface area contributed by atoms with Crippen LogP contribution in [0.2, 0.25) is 0 Å².